The van der Waals surface area contributed by atoms with E-state index in [9.17, 15) is 9.90 Å². The fraction of sp³-hybridized carbons (Fsp3) is 0.900. The topological polar surface area (TPSA) is 87.8 Å². The molecule has 16 heavy (non-hydrogen) atoms. The fourth-order valence-electron chi connectivity index (χ4n) is 2.04. The van der Waals surface area contributed by atoms with Crippen LogP contribution in [0.1, 0.15) is 12.8 Å². The van der Waals surface area contributed by atoms with Crippen LogP contribution in [-0.4, -0.2) is 55.4 Å². The molecule has 1 saturated carbocycles. The summed E-state index contributed by atoms with van der Waals surface area (Å²) in [5, 5.41) is 9.19. The molecular weight excluding hydrogens is 210 g/mol. The van der Waals surface area contributed by atoms with Gasteiger partial charge in [-0.1, -0.05) is 0 Å². The van der Waals surface area contributed by atoms with Crippen molar-refractivity contribution in [3.63, 3.8) is 0 Å². The summed E-state index contributed by atoms with van der Waals surface area (Å²) < 4.78 is 4.99. The molecular formula is C10H21N3O3. The Morgan fingerprint density at radius 2 is 2.31 bits per heavy atom. The molecule has 0 aromatic rings. The van der Waals surface area contributed by atoms with Crippen molar-refractivity contribution in [3.8, 4) is 0 Å². The Labute approximate surface area is 95.7 Å². The van der Waals surface area contributed by atoms with Crippen LogP contribution >= 0.6 is 0 Å². The van der Waals surface area contributed by atoms with Gasteiger partial charge < -0.3 is 9.84 Å². The van der Waals surface area contributed by atoms with Crippen molar-refractivity contribution >= 4 is 5.91 Å². The van der Waals surface area contributed by atoms with Gasteiger partial charge in [-0.15, -0.1) is 0 Å². The fourth-order valence-corrected chi connectivity index (χ4v) is 2.04. The van der Waals surface area contributed by atoms with Crippen molar-refractivity contribution in [2.24, 2.45) is 11.8 Å². The lowest BCUT2D eigenvalue weighted by Crippen LogP contribution is -2.52. The molecule has 1 amide bonds. The van der Waals surface area contributed by atoms with Gasteiger partial charge in [0.05, 0.1) is 12.7 Å². The minimum absolute atomic E-state index is 0.164. The summed E-state index contributed by atoms with van der Waals surface area (Å²) in [6, 6.07) is -0.368. The number of aliphatic hydroxyl groups excluding tert-OH is 1. The van der Waals surface area contributed by atoms with Gasteiger partial charge in [0.2, 0.25) is 0 Å². The molecule has 4 N–H and O–H groups in total. The third-order valence-electron chi connectivity index (χ3n) is 3.06. The molecule has 0 bridgehead atoms. The van der Waals surface area contributed by atoms with Gasteiger partial charge in [0.1, 0.15) is 6.04 Å². The number of ether oxygens (including phenoxy) is 1. The highest BCUT2D eigenvalue weighted by Crippen LogP contribution is 2.27. The molecule has 0 radical (unpaired) electrons. The number of nitrogens with one attached hydrogen (secondary N) is 1. The molecule has 0 aliphatic heterocycles. The van der Waals surface area contributed by atoms with E-state index < -0.39 is 0 Å². The van der Waals surface area contributed by atoms with E-state index in [4.69, 9.17) is 10.6 Å². The molecule has 6 heteroatoms. The lowest BCUT2D eigenvalue weighted by molar-refractivity contribution is -0.128. The molecule has 0 aromatic carbocycles. The number of carbonyl (C=O) groups is 1. The molecule has 1 atom stereocenters. The van der Waals surface area contributed by atoms with Crippen molar-refractivity contribution in [1.82, 2.24) is 10.3 Å². The summed E-state index contributed by atoms with van der Waals surface area (Å²) in [4.78, 5) is 13.4. The van der Waals surface area contributed by atoms with Crippen LogP contribution in [0.4, 0.5) is 0 Å². The number of methoxy groups -OCH3 is 1. The van der Waals surface area contributed by atoms with Gasteiger partial charge in [-0.25, -0.2) is 5.84 Å². The van der Waals surface area contributed by atoms with Crippen LogP contribution in [-0.2, 0) is 9.53 Å². The van der Waals surface area contributed by atoms with E-state index in [2.05, 4.69) is 5.43 Å². The molecule has 0 saturated heterocycles. The van der Waals surface area contributed by atoms with E-state index in [0.717, 1.165) is 19.4 Å². The smallest absolute Gasteiger partial charge is 0.253 e. The maximum atomic E-state index is 11.5. The van der Waals surface area contributed by atoms with Crippen LogP contribution in [0.5, 0.6) is 0 Å². The molecule has 1 fully saturated rings. The van der Waals surface area contributed by atoms with Crippen LogP contribution < -0.4 is 11.3 Å². The molecule has 94 valence electrons. The minimum atomic E-state index is -0.368. The normalized spacial score (nSPS) is 26.3. The average molecular weight is 231 g/mol. The summed E-state index contributed by atoms with van der Waals surface area (Å²) in [6.07, 6.45) is 1.46. The van der Waals surface area contributed by atoms with Crippen molar-refractivity contribution in [3.05, 3.63) is 0 Å². The number of hydrazine groups is 1. The second kappa shape index (κ2) is 6.15. The third-order valence-corrected chi connectivity index (χ3v) is 3.06. The Kier molecular flexibility index (Phi) is 5.14. The van der Waals surface area contributed by atoms with Gasteiger partial charge >= 0.3 is 0 Å². The largest absolute Gasteiger partial charge is 0.393 e. The van der Waals surface area contributed by atoms with E-state index in [1.165, 1.54) is 0 Å². The second-order valence-electron chi connectivity index (χ2n) is 4.41. The zero-order valence-corrected chi connectivity index (χ0v) is 9.85. The highest BCUT2D eigenvalue weighted by molar-refractivity contribution is 5.81. The Bertz CT molecular complexity index is 231. The maximum absolute atomic E-state index is 11.5. The van der Waals surface area contributed by atoms with Gasteiger partial charge in [0.25, 0.3) is 5.91 Å². The lowest BCUT2D eigenvalue weighted by Gasteiger charge is -2.36. The zero-order chi connectivity index (χ0) is 12.1. The number of amides is 1. The Morgan fingerprint density at radius 1 is 1.69 bits per heavy atom. The summed E-state index contributed by atoms with van der Waals surface area (Å²) >= 11 is 0. The second-order valence-corrected chi connectivity index (χ2v) is 4.41. The predicted molar refractivity (Wildman–Crippen MR) is 59.4 cm³/mol. The van der Waals surface area contributed by atoms with Gasteiger partial charge in [-0.3, -0.25) is 15.1 Å². The van der Waals surface area contributed by atoms with E-state index in [0.29, 0.717) is 12.5 Å². The predicted octanol–water partition coefficient (Wildman–Crippen LogP) is -1.31. The first-order chi connectivity index (χ1) is 7.58. The Balaban J connectivity index is 2.40. The van der Waals surface area contributed by atoms with E-state index in [-0.39, 0.29) is 18.1 Å². The SMILES string of the molecule is COCC(C(=O)NN)N(C)CC1CC(O)C1. The molecule has 0 aromatic heterocycles. The van der Waals surface area contributed by atoms with E-state index in [1.807, 2.05) is 11.9 Å². The van der Waals surface area contributed by atoms with Crippen LogP contribution in [0.2, 0.25) is 0 Å². The first-order valence-corrected chi connectivity index (χ1v) is 5.46. The standard InChI is InChI=1S/C10H21N3O3/c1-13(5-7-3-8(14)4-7)9(6-16-2)10(15)12-11/h7-9,14H,3-6,11H2,1-2H3,(H,12,15). The Morgan fingerprint density at radius 3 is 2.75 bits per heavy atom. The summed E-state index contributed by atoms with van der Waals surface area (Å²) in [6.45, 7) is 1.09. The minimum Gasteiger partial charge on any atom is -0.393 e. The molecule has 1 aliphatic rings. The number of rotatable bonds is 6. The summed E-state index contributed by atoms with van der Waals surface area (Å²) in [5.74, 6) is 5.34. The third kappa shape index (κ3) is 3.41. The highest BCUT2D eigenvalue weighted by atomic mass is 16.5. The quantitative estimate of drug-likeness (QED) is 0.300. The molecule has 0 heterocycles. The summed E-state index contributed by atoms with van der Waals surface area (Å²) in [7, 11) is 3.42. The number of carbonyl (C=O) groups excluding carboxylic acids is 1. The monoisotopic (exact) mass is 231 g/mol. The van der Waals surface area contributed by atoms with Gasteiger partial charge in [-0.05, 0) is 25.8 Å². The first-order valence-electron chi connectivity index (χ1n) is 5.46. The summed E-state index contributed by atoms with van der Waals surface area (Å²) in [5.41, 5.74) is 2.14. The molecule has 1 rings (SSSR count). The lowest BCUT2D eigenvalue weighted by atomic mass is 9.82. The number of hydrogen-bond acceptors (Lipinski definition) is 5. The highest BCUT2D eigenvalue weighted by Gasteiger charge is 2.31. The molecule has 0 spiro atoms. The number of nitrogens with zero attached hydrogens (tertiary/aromatic N) is 1. The van der Waals surface area contributed by atoms with Crippen LogP contribution in [0, 0.1) is 5.92 Å². The molecule has 6 nitrogen and oxygen atoms in total. The van der Waals surface area contributed by atoms with Gasteiger partial charge in [-0.2, -0.15) is 0 Å². The van der Waals surface area contributed by atoms with Crippen molar-refractivity contribution in [1.29, 1.82) is 0 Å². The van der Waals surface area contributed by atoms with Crippen LogP contribution in [0.25, 0.3) is 0 Å². The van der Waals surface area contributed by atoms with Gasteiger partial charge in [0.15, 0.2) is 0 Å². The van der Waals surface area contributed by atoms with E-state index >= 15 is 0 Å². The number of hydrogen-bond donors (Lipinski definition) is 3. The Hall–Kier alpha value is -0.690. The average Bonchev–Trinajstić information content (AvgIpc) is 2.22. The van der Waals surface area contributed by atoms with Crippen LogP contribution in [0.3, 0.4) is 0 Å². The van der Waals surface area contributed by atoms with Crippen molar-refractivity contribution in [2.75, 3.05) is 27.3 Å². The van der Waals surface area contributed by atoms with E-state index in [1.54, 1.807) is 7.11 Å². The van der Waals surface area contributed by atoms with Gasteiger partial charge in [0, 0.05) is 13.7 Å². The number of likely N-dealkylation sites (N-methyl/N-ethyl adjacent to an activating group) is 1. The number of aliphatic hydroxyl groups is 1. The van der Waals surface area contributed by atoms with Crippen molar-refractivity contribution < 1.29 is 14.6 Å². The van der Waals surface area contributed by atoms with Crippen molar-refractivity contribution in [2.45, 2.75) is 25.0 Å². The van der Waals surface area contributed by atoms with Crippen LogP contribution in [0.15, 0.2) is 0 Å². The molecule has 1 unspecified atom stereocenters. The number of nitrogens with two attached hydrogens (primary N) is 1. The molecule has 1 aliphatic carbocycles. The first kappa shape index (κ1) is 13.4. The zero-order valence-electron chi connectivity index (χ0n) is 9.85. The maximum Gasteiger partial charge on any atom is 0.253 e.